The third-order valence-corrected chi connectivity index (χ3v) is 2.53. The van der Waals surface area contributed by atoms with Crippen molar-refractivity contribution in [2.75, 3.05) is 13.7 Å². The molecule has 4 nitrogen and oxygen atoms in total. The molecule has 1 rings (SSSR count). The van der Waals surface area contributed by atoms with Crippen LogP contribution in [0.3, 0.4) is 0 Å². The van der Waals surface area contributed by atoms with Gasteiger partial charge in [0.15, 0.2) is 0 Å². The molecule has 2 N–H and O–H groups in total. The monoisotopic (exact) mass is 236 g/mol. The van der Waals surface area contributed by atoms with E-state index in [1.54, 1.807) is 13.0 Å². The number of aryl methyl sites for hydroxylation is 2. The number of hydrogen-bond acceptors (Lipinski definition) is 4. The standard InChI is InChI=1S/C13H16O4/c1-8-6-9(2)12(15)7-11(8)10(4-5-14)13(16)17-3/h4,6-7,14-15H,5H2,1-3H3/b10-4+. The Morgan fingerprint density at radius 2 is 2.00 bits per heavy atom. The highest BCUT2D eigenvalue weighted by Gasteiger charge is 2.15. The van der Waals surface area contributed by atoms with Crippen molar-refractivity contribution in [2.45, 2.75) is 13.8 Å². The van der Waals surface area contributed by atoms with Gasteiger partial charge < -0.3 is 14.9 Å². The van der Waals surface area contributed by atoms with Gasteiger partial charge in [-0.2, -0.15) is 0 Å². The first kappa shape index (κ1) is 13.3. The van der Waals surface area contributed by atoms with Gasteiger partial charge in [-0.15, -0.1) is 0 Å². The van der Waals surface area contributed by atoms with E-state index in [1.807, 2.05) is 6.92 Å². The number of hydrogen-bond donors (Lipinski definition) is 2. The minimum atomic E-state index is -0.537. The van der Waals surface area contributed by atoms with Crippen LogP contribution < -0.4 is 0 Å². The van der Waals surface area contributed by atoms with Crippen LogP contribution in [0.4, 0.5) is 0 Å². The quantitative estimate of drug-likeness (QED) is 0.617. The van der Waals surface area contributed by atoms with Gasteiger partial charge >= 0.3 is 5.97 Å². The number of rotatable bonds is 3. The SMILES string of the molecule is COC(=O)/C(=C/CO)c1cc(O)c(C)cc1C. The number of phenolic OH excluding ortho intramolecular Hbond substituents is 1. The number of carbonyl (C=O) groups is 1. The van der Waals surface area contributed by atoms with Crippen molar-refractivity contribution in [1.82, 2.24) is 0 Å². The Bertz CT molecular complexity index is 461. The Labute approximate surface area is 100 Å². The number of esters is 1. The third kappa shape index (κ3) is 2.85. The molecule has 0 aromatic heterocycles. The van der Waals surface area contributed by atoms with E-state index < -0.39 is 5.97 Å². The van der Waals surface area contributed by atoms with Crippen molar-refractivity contribution in [2.24, 2.45) is 0 Å². The smallest absolute Gasteiger partial charge is 0.338 e. The fourth-order valence-corrected chi connectivity index (χ4v) is 1.64. The molecule has 0 aliphatic carbocycles. The van der Waals surface area contributed by atoms with Crippen LogP contribution >= 0.6 is 0 Å². The van der Waals surface area contributed by atoms with Gasteiger partial charge in [-0.05, 0) is 42.7 Å². The first-order chi connectivity index (χ1) is 8.01. The summed E-state index contributed by atoms with van der Waals surface area (Å²) in [4.78, 5) is 11.6. The van der Waals surface area contributed by atoms with Gasteiger partial charge in [-0.1, -0.05) is 6.07 Å². The van der Waals surface area contributed by atoms with Crippen molar-refractivity contribution in [3.63, 3.8) is 0 Å². The molecule has 0 saturated heterocycles. The summed E-state index contributed by atoms with van der Waals surface area (Å²) in [6.45, 7) is 3.34. The van der Waals surface area contributed by atoms with Crippen molar-refractivity contribution < 1.29 is 19.7 Å². The van der Waals surface area contributed by atoms with E-state index in [0.717, 1.165) is 11.1 Å². The number of aromatic hydroxyl groups is 1. The van der Waals surface area contributed by atoms with Gasteiger partial charge in [0, 0.05) is 0 Å². The third-order valence-electron chi connectivity index (χ3n) is 2.53. The Hall–Kier alpha value is -1.81. The van der Waals surface area contributed by atoms with Crippen LogP contribution in [-0.4, -0.2) is 29.9 Å². The molecular weight excluding hydrogens is 220 g/mol. The van der Waals surface area contributed by atoms with Gasteiger partial charge in [0.05, 0.1) is 19.3 Å². The molecule has 0 heterocycles. The summed E-state index contributed by atoms with van der Waals surface area (Å²) in [6.07, 6.45) is 1.36. The molecule has 0 saturated carbocycles. The first-order valence-corrected chi connectivity index (χ1v) is 5.21. The maximum atomic E-state index is 11.6. The molecule has 0 amide bonds. The summed E-state index contributed by atoms with van der Waals surface area (Å²) >= 11 is 0. The van der Waals surface area contributed by atoms with Gasteiger partial charge in [-0.25, -0.2) is 4.79 Å². The van der Waals surface area contributed by atoms with Gasteiger partial charge in [0.2, 0.25) is 0 Å². The Morgan fingerprint density at radius 3 is 2.53 bits per heavy atom. The molecule has 0 aliphatic heterocycles. The predicted molar refractivity (Wildman–Crippen MR) is 64.7 cm³/mol. The average molecular weight is 236 g/mol. The zero-order valence-corrected chi connectivity index (χ0v) is 10.2. The van der Waals surface area contributed by atoms with E-state index >= 15 is 0 Å². The minimum absolute atomic E-state index is 0.110. The summed E-state index contributed by atoms with van der Waals surface area (Å²) in [5.41, 5.74) is 2.39. The summed E-state index contributed by atoms with van der Waals surface area (Å²) in [5.74, 6) is -0.427. The van der Waals surface area contributed by atoms with Crippen LogP contribution in [0, 0.1) is 13.8 Å². The molecule has 0 aliphatic rings. The van der Waals surface area contributed by atoms with Crippen LogP contribution in [0.15, 0.2) is 18.2 Å². The number of benzene rings is 1. The lowest BCUT2D eigenvalue weighted by Crippen LogP contribution is -2.06. The molecule has 92 valence electrons. The zero-order valence-electron chi connectivity index (χ0n) is 10.2. The molecular formula is C13H16O4. The van der Waals surface area contributed by atoms with Gasteiger partial charge in [0.25, 0.3) is 0 Å². The minimum Gasteiger partial charge on any atom is -0.508 e. The largest absolute Gasteiger partial charge is 0.508 e. The van der Waals surface area contributed by atoms with E-state index in [4.69, 9.17) is 5.11 Å². The molecule has 4 heteroatoms. The highest BCUT2D eigenvalue weighted by Crippen LogP contribution is 2.27. The fraction of sp³-hybridized carbons (Fsp3) is 0.308. The molecule has 0 spiro atoms. The van der Waals surface area contributed by atoms with Crippen molar-refractivity contribution in [1.29, 1.82) is 0 Å². The molecule has 17 heavy (non-hydrogen) atoms. The average Bonchev–Trinajstić information content (AvgIpc) is 2.30. The molecule has 0 bridgehead atoms. The van der Waals surface area contributed by atoms with E-state index in [-0.39, 0.29) is 17.9 Å². The molecule has 0 radical (unpaired) electrons. The highest BCUT2D eigenvalue weighted by molar-refractivity contribution is 6.17. The highest BCUT2D eigenvalue weighted by atomic mass is 16.5. The normalized spacial score (nSPS) is 11.4. The lowest BCUT2D eigenvalue weighted by atomic mass is 9.97. The number of methoxy groups -OCH3 is 1. The molecule has 0 atom stereocenters. The lowest BCUT2D eigenvalue weighted by molar-refractivity contribution is -0.133. The van der Waals surface area contributed by atoms with Crippen LogP contribution in [-0.2, 0) is 9.53 Å². The summed E-state index contributed by atoms with van der Waals surface area (Å²) in [5, 5.41) is 18.6. The van der Waals surface area contributed by atoms with Gasteiger partial charge in [0.1, 0.15) is 5.75 Å². The maximum Gasteiger partial charge on any atom is 0.338 e. The second-order valence-electron chi connectivity index (χ2n) is 3.75. The number of carbonyl (C=O) groups excluding carboxylic acids is 1. The zero-order chi connectivity index (χ0) is 13.0. The maximum absolute atomic E-state index is 11.6. The number of phenols is 1. The number of ether oxygens (including phenoxy) is 1. The van der Waals surface area contributed by atoms with Crippen LogP contribution in [0.5, 0.6) is 5.75 Å². The van der Waals surface area contributed by atoms with E-state index in [2.05, 4.69) is 4.74 Å². The lowest BCUT2D eigenvalue weighted by Gasteiger charge is -2.11. The van der Waals surface area contributed by atoms with Crippen molar-refractivity contribution >= 4 is 11.5 Å². The molecule has 0 fully saturated rings. The summed E-state index contributed by atoms with van der Waals surface area (Å²) < 4.78 is 4.64. The number of aliphatic hydroxyl groups excluding tert-OH is 1. The Kier molecular flexibility index (Phi) is 4.29. The Balaban J connectivity index is 3.34. The second-order valence-corrected chi connectivity index (χ2v) is 3.75. The van der Waals surface area contributed by atoms with Gasteiger partial charge in [-0.3, -0.25) is 0 Å². The second kappa shape index (κ2) is 5.50. The topological polar surface area (TPSA) is 66.8 Å². The number of aliphatic hydroxyl groups is 1. The summed E-state index contributed by atoms with van der Waals surface area (Å²) in [7, 11) is 1.27. The Morgan fingerprint density at radius 1 is 1.35 bits per heavy atom. The van der Waals surface area contributed by atoms with Crippen LogP contribution in [0.1, 0.15) is 16.7 Å². The fourth-order valence-electron chi connectivity index (χ4n) is 1.64. The molecule has 0 unspecified atom stereocenters. The first-order valence-electron chi connectivity index (χ1n) is 5.21. The molecule has 1 aromatic carbocycles. The van der Waals surface area contributed by atoms with Crippen molar-refractivity contribution in [3.8, 4) is 5.75 Å². The van der Waals surface area contributed by atoms with Crippen molar-refractivity contribution in [3.05, 3.63) is 34.9 Å². The van der Waals surface area contributed by atoms with E-state index in [1.165, 1.54) is 19.3 Å². The summed E-state index contributed by atoms with van der Waals surface area (Å²) in [6, 6.07) is 3.28. The van der Waals surface area contributed by atoms with E-state index in [0.29, 0.717) is 5.56 Å². The van der Waals surface area contributed by atoms with E-state index in [9.17, 15) is 9.90 Å². The van der Waals surface area contributed by atoms with Crippen LogP contribution in [0.25, 0.3) is 5.57 Å². The van der Waals surface area contributed by atoms with Crippen LogP contribution in [0.2, 0.25) is 0 Å². The molecule has 1 aromatic rings. The predicted octanol–water partition coefficient (Wildman–Crippen LogP) is 1.56.